The molecule has 0 spiro atoms. The van der Waals surface area contributed by atoms with Crippen LogP contribution >= 0.6 is 0 Å². The van der Waals surface area contributed by atoms with Gasteiger partial charge in [-0.15, -0.1) is 0 Å². The summed E-state index contributed by atoms with van der Waals surface area (Å²) in [4.78, 5) is 25.3. The molecule has 1 aliphatic heterocycles. The number of amides is 2. The zero-order valence-corrected chi connectivity index (χ0v) is 16.7. The van der Waals surface area contributed by atoms with E-state index in [9.17, 15) is 9.59 Å². The molecule has 0 aliphatic carbocycles. The van der Waals surface area contributed by atoms with E-state index in [2.05, 4.69) is 43.5 Å². The molecule has 0 saturated carbocycles. The third-order valence-corrected chi connectivity index (χ3v) is 5.89. The predicted octanol–water partition coefficient (Wildman–Crippen LogP) is 3.40. The highest BCUT2D eigenvalue weighted by Crippen LogP contribution is 2.22. The van der Waals surface area contributed by atoms with Gasteiger partial charge >= 0.3 is 12.0 Å². The second-order valence-electron chi connectivity index (χ2n) is 7.52. The monoisotopic (exact) mass is 375 g/mol. The third kappa shape index (κ3) is 5.70. The van der Waals surface area contributed by atoms with Crippen LogP contribution in [0.4, 0.5) is 4.79 Å². The molecule has 0 radical (unpaired) electrons. The smallest absolute Gasteiger partial charge is 0.317 e. The lowest BCUT2D eigenvalue weighted by molar-refractivity contribution is -0.143. The van der Waals surface area contributed by atoms with Gasteiger partial charge < -0.3 is 20.6 Å². The molecular formula is C21H33N3O3. The zero-order chi connectivity index (χ0) is 19.9. The Kier molecular flexibility index (Phi) is 7.66. The minimum absolute atomic E-state index is 0.0979. The normalized spacial score (nSPS) is 16.8. The van der Waals surface area contributed by atoms with Crippen LogP contribution in [0.1, 0.15) is 58.1 Å². The van der Waals surface area contributed by atoms with Crippen LogP contribution in [-0.2, 0) is 4.79 Å². The highest BCUT2D eigenvalue weighted by molar-refractivity contribution is 5.75. The van der Waals surface area contributed by atoms with Crippen molar-refractivity contribution in [1.82, 2.24) is 15.5 Å². The highest BCUT2D eigenvalue weighted by atomic mass is 16.4. The predicted molar refractivity (Wildman–Crippen MR) is 107 cm³/mol. The molecule has 1 fully saturated rings. The van der Waals surface area contributed by atoms with Crippen molar-refractivity contribution in [2.24, 2.45) is 5.92 Å². The van der Waals surface area contributed by atoms with Gasteiger partial charge in [0, 0.05) is 31.2 Å². The Morgan fingerprint density at radius 3 is 2.30 bits per heavy atom. The van der Waals surface area contributed by atoms with Crippen LogP contribution in [0.3, 0.4) is 0 Å². The maximum absolute atomic E-state index is 12.5. The maximum atomic E-state index is 12.5. The van der Waals surface area contributed by atoms with Crippen molar-refractivity contribution >= 4 is 12.0 Å². The summed E-state index contributed by atoms with van der Waals surface area (Å²) in [5, 5.41) is 15.9. The van der Waals surface area contributed by atoms with Gasteiger partial charge in [-0.25, -0.2) is 4.79 Å². The van der Waals surface area contributed by atoms with Crippen molar-refractivity contribution in [2.75, 3.05) is 19.6 Å². The van der Waals surface area contributed by atoms with Gasteiger partial charge in [0.15, 0.2) is 0 Å². The van der Waals surface area contributed by atoms with Crippen molar-refractivity contribution in [3.05, 3.63) is 35.9 Å². The summed E-state index contributed by atoms with van der Waals surface area (Å²) in [7, 11) is 0. The van der Waals surface area contributed by atoms with Crippen molar-refractivity contribution in [3.8, 4) is 0 Å². The number of likely N-dealkylation sites (tertiary alicyclic amines) is 1. The Hall–Kier alpha value is -2.08. The number of carbonyl (C=O) groups excluding carboxylic acids is 1. The summed E-state index contributed by atoms with van der Waals surface area (Å²) in [6.45, 7) is 7.98. The van der Waals surface area contributed by atoms with Gasteiger partial charge in [0.05, 0.1) is 5.92 Å². The average molecular weight is 376 g/mol. The van der Waals surface area contributed by atoms with E-state index in [0.717, 1.165) is 12.8 Å². The largest absolute Gasteiger partial charge is 0.481 e. The molecule has 0 bridgehead atoms. The van der Waals surface area contributed by atoms with E-state index >= 15 is 0 Å². The van der Waals surface area contributed by atoms with Crippen LogP contribution in [0.15, 0.2) is 30.3 Å². The van der Waals surface area contributed by atoms with E-state index in [1.54, 1.807) is 4.90 Å². The number of nitrogens with zero attached hydrogens (tertiary/aromatic N) is 1. The number of aliphatic carboxylic acids is 1. The van der Waals surface area contributed by atoms with Crippen LogP contribution in [0.25, 0.3) is 0 Å². The van der Waals surface area contributed by atoms with Crippen molar-refractivity contribution in [1.29, 1.82) is 0 Å². The van der Waals surface area contributed by atoms with Gasteiger partial charge in [0.2, 0.25) is 0 Å². The van der Waals surface area contributed by atoms with Crippen molar-refractivity contribution in [2.45, 2.75) is 58.0 Å². The molecule has 1 aliphatic rings. The fraction of sp³-hybridized carbons (Fsp3) is 0.619. The standard InChI is InChI=1S/C21H33N3O3/c1-4-21(5-2,23-16(3)17-9-7-6-8-10-17)15-22-20(27)24-13-11-18(12-14-24)19(25)26/h6-10,16,18,23H,4-5,11-15H2,1-3H3,(H,22,27)(H,25,26). The number of carboxylic acids is 1. The molecule has 27 heavy (non-hydrogen) atoms. The molecule has 1 heterocycles. The number of piperidine rings is 1. The Balaban J connectivity index is 1.91. The molecular weight excluding hydrogens is 342 g/mol. The zero-order valence-electron chi connectivity index (χ0n) is 16.7. The van der Waals surface area contributed by atoms with E-state index in [0.29, 0.717) is 32.5 Å². The first-order valence-electron chi connectivity index (χ1n) is 9.99. The van der Waals surface area contributed by atoms with Crippen LogP contribution < -0.4 is 10.6 Å². The number of urea groups is 1. The van der Waals surface area contributed by atoms with Gasteiger partial charge in [-0.3, -0.25) is 4.79 Å². The Morgan fingerprint density at radius 1 is 1.19 bits per heavy atom. The fourth-order valence-corrected chi connectivity index (χ4v) is 3.73. The molecule has 0 aromatic heterocycles. The minimum Gasteiger partial charge on any atom is -0.481 e. The number of hydrogen-bond donors (Lipinski definition) is 3. The number of carbonyl (C=O) groups is 2. The van der Waals surface area contributed by atoms with Crippen LogP contribution in [0.2, 0.25) is 0 Å². The first-order chi connectivity index (χ1) is 12.9. The van der Waals surface area contributed by atoms with E-state index in [1.165, 1.54) is 5.56 Å². The Bertz CT molecular complexity index is 608. The van der Waals surface area contributed by atoms with E-state index in [-0.39, 0.29) is 23.5 Å². The number of hydrogen-bond acceptors (Lipinski definition) is 3. The van der Waals surface area contributed by atoms with Gasteiger partial charge in [-0.2, -0.15) is 0 Å². The SMILES string of the molecule is CCC(CC)(CNC(=O)N1CCC(C(=O)O)CC1)NC(C)c1ccccc1. The van der Waals surface area contributed by atoms with E-state index < -0.39 is 5.97 Å². The molecule has 3 N–H and O–H groups in total. The Labute approximate surface area is 162 Å². The first-order valence-corrected chi connectivity index (χ1v) is 9.99. The van der Waals surface area contributed by atoms with E-state index in [4.69, 9.17) is 5.11 Å². The molecule has 1 saturated heterocycles. The molecule has 6 heteroatoms. The maximum Gasteiger partial charge on any atom is 0.317 e. The summed E-state index contributed by atoms with van der Waals surface area (Å²) >= 11 is 0. The summed E-state index contributed by atoms with van der Waals surface area (Å²) in [6.07, 6.45) is 2.86. The molecule has 150 valence electrons. The summed E-state index contributed by atoms with van der Waals surface area (Å²) in [5.74, 6) is -1.09. The van der Waals surface area contributed by atoms with Crippen LogP contribution in [-0.4, -0.2) is 47.2 Å². The second-order valence-corrected chi connectivity index (χ2v) is 7.52. The van der Waals surface area contributed by atoms with E-state index in [1.807, 2.05) is 18.2 Å². The molecule has 2 rings (SSSR count). The summed E-state index contributed by atoms with van der Waals surface area (Å²) in [6, 6.07) is 10.4. The topological polar surface area (TPSA) is 81.7 Å². The first kappa shape index (κ1) is 21.2. The average Bonchev–Trinajstić information content (AvgIpc) is 2.71. The minimum atomic E-state index is -0.759. The lowest BCUT2D eigenvalue weighted by Gasteiger charge is -2.38. The van der Waals surface area contributed by atoms with Gasteiger partial charge in [0.1, 0.15) is 0 Å². The summed E-state index contributed by atoms with van der Waals surface area (Å²) < 4.78 is 0. The molecule has 1 aromatic carbocycles. The van der Waals surface area contributed by atoms with Gasteiger partial charge in [0.25, 0.3) is 0 Å². The van der Waals surface area contributed by atoms with Crippen molar-refractivity contribution in [3.63, 3.8) is 0 Å². The number of nitrogens with one attached hydrogen (secondary N) is 2. The number of carboxylic acid groups (broad SMARTS) is 1. The summed E-state index contributed by atoms with van der Waals surface area (Å²) in [5.41, 5.74) is 1.05. The molecule has 1 aromatic rings. The van der Waals surface area contributed by atoms with Crippen LogP contribution in [0.5, 0.6) is 0 Å². The molecule has 6 nitrogen and oxygen atoms in total. The van der Waals surface area contributed by atoms with Crippen molar-refractivity contribution < 1.29 is 14.7 Å². The molecule has 1 atom stereocenters. The molecule has 1 unspecified atom stereocenters. The third-order valence-electron chi connectivity index (χ3n) is 5.89. The highest BCUT2D eigenvalue weighted by Gasteiger charge is 2.31. The Morgan fingerprint density at radius 2 is 1.78 bits per heavy atom. The second kappa shape index (κ2) is 9.74. The number of benzene rings is 1. The van der Waals surface area contributed by atoms with Crippen LogP contribution in [0, 0.1) is 5.92 Å². The number of rotatable bonds is 8. The van der Waals surface area contributed by atoms with Gasteiger partial charge in [-0.1, -0.05) is 44.2 Å². The lowest BCUT2D eigenvalue weighted by Crippen LogP contribution is -2.56. The fourth-order valence-electron chi connectivity index (χ4n) is 3.73. The quantitative estimate of drug-likeness (QED) is 0.650. The lowest BCUT2D eigenvalue weighted by atomic mass is 9.90. The van der Waals surface area contributed by atoms with Gasteiger partial charge in [-0.05, 0) is 38.2 Å². The molecule has 2 amide bonds.